The zero-order valence-corrected chi connectivity index (χ0v) is 14.5. The number of carbonyl (C=O) groups is 1. The zero-order valence-electron chi connectivity index (χ0n) is 14.5. The van der Waals surface area contributed by atoms with E-state index in [1.165, 1.54) is 0 Å². The molecule has 1 aromatic rings. The normalized spacial score (nSPS) is 11.1. The molecule has 0 saturated heterocycles. The summed E-state index contributed by atoms with van der Waals surface area (Å²) in [6.45, 7) is 13.9. The van der Waals surface area contributed by atoms with Crippen LogP contribution in [-0.2, 0) is 0 Å². The van der Waals surface area contributed by atoms with Gasteiger partial charge in [0, 0.05) is 13.1 Å². The van der Waals surface area contributed by atoms with Gasteiger partial charge in [0.05, 0.1) is 12.7 Å². The van der Waals surface area contributed by atoms with E-state index in [-0.39, 0.29) is 11.8 Å². The van der Waals surface area contributed by atoms with E-state index >= 15 is 0 Å². The molecule has 1 amide bonds. The smallest absolute Gasteiger partial charge is 0.257 e. The van der Waals surface area contributed by atoms with E-state index in [2.05, 4.69) is 39.8 Å². The van der Waals surface area contributed by atoms with Crippen molar-refractivity contribution in [1.29, 1.82) is 0 Å². The standard InChI is InChI=1S/C18H29NO2/c1-8-19(9-2)18(20)16-14(12(3)4)10-11-15(13(5)6)17(16)21-7/h10-13H,8-9H2,1-7H3. The number of amides is 1. The molecule has 0 aliphatic rings. The molecule has 21 heavy (non-hydrogen) atoms. The maximum absolute atomic E-state index is 12.9. The molecule has 118 valence electrons. The lowest BCUT2D eigenvalue weighted by Crippen LogP contribution is -2.32. The fourth-order valence-electron chi connectivity index (χ4n) is 2.66. The second kappa shape index (κ2) is 7.48. The molecule has 0 bridgehead atoms. The molecule has 0 saturated carbocycles. The van der Waals surface area contributed by atoms with Crippen LogP contribution >= 0.6 is 0 Å². The SMILES string of the molecule is CCN(CC)C(=O)c1c(C(C)C)ccc(C(C)C)c1OC. The number of nitrogens with zero attached hydrogens (tertiary/aromatic N) is 1. The predicted octanol–water partition coefficient (Wildman–Crippen LogP) is 4.42. The van der Waals surface area contributed by atoms with Gasteiger partial charge in [-0.3, -0.25) is 4.79 Å². The number of rotatable bonds is 6. The largest absolute Gasteiger partial charge is 0.496 e. The van der Waals surface area contributed by atoms with Gasteiger partial charge in [-0.05, 0) is 36.8 Å². The van der Waals surface area contributed by atoms with Crippen LogP contribution in [0.2, 0.25) is 0 Å². The van der Waals surface area contributed by atoms with Crippen molar-refractivity contribution in [3.63, 3.8) is 0 Å². The summed E-state index contributed by atoms with van der Waals surface area (Å²) in [7, 11) is 1.66. The molecule has 0 aliphatic carbocycles. The lowest BCUT2D eigenvalue weighted by Gasteiger charge is -2.25. The van der Waals surface area contributed by atoms with Crippen LogP contribution in [0.25, 0.3) is 0 Å². The first-order chi connectivity index (χ1) is 9.88. The Morgan fingerprint density at radius 2 is 1.52 bits per heavy atom. The van der Waals surface area contributed by atoms with E-state index in [0.717, 1.165) is 22.4 Å². The molecule has 0 radical (unpaired) electrons. The Hall–Kier alpha value is -1.51. The molecule has 0 fully saturated rings. The van der Waals surface area contributed by atoms with Gasteiger partial charge in [0.2, 0.25) is 0 Å². The number of benzene rings is 1. The Kier molecular flexibility index (Phi) is 6.25. The Bertz CT molecular complexity index is 488. The third-order valence-electron chi connectivity index (χ3n) is 3.93. The monoisotopic (exact) mass is 291 g/mol. The third-order valence-corrected chi connectivity index (χ3v) is 3.93. The zero-order chi connectivity index (χ0) is 16.2. The van der Waals surface area contributed by atoms with Crippen molar-refractivity contribution in [2.45, 2.75) is 53.4 Å². The Labute approximate surface area is 129 Å². The molecular formula is C18H29NO2. The van der Waals surface area contributed by atoms with Crippen LogP contribution in [0, 0.1) is 0 Å². The van der Waals surface area contributed by atoms with Crippen molar-refractivity contribution in [1.82, 2.24) is 4.90 Å². The number of carbonyl (C=O) groups excluding carboxylic acids is 1. The lowest BCUT2D eigenvalue weighted by molar-refractivity contribution is 0.0767. The van der Waals surface area contributed by atoms with Gasteiger partial charge in [-0.1, -0.05) is 39.8 Å². The molecule has 0 atom stereocenters. The highest BCUT2D eigenvalue weighted by atomic mass is 16.5. The quantitative estimate of drug-likeness (QED) is 0.776. The summed E-state index contributed by atoms with van der Waals surface area (Å²) in [6, 6.07) is 4.18. The highest BCUT2D eigenvalue weighted by Gasteiger charge is 2.25. The van der Waals surface area contributed by atoms with E-state index in [9.17, 15) is 4.79 Å². The van der Waals surface area contributed by atoms with E-state index in [1.807, 2.05) is 18.7 Å². The summed E-state index contributed by atoms with van der Waals surface area (Å²) in [5, 5.41) is 0. The Balaban J connectivity index is 3.56. The van der Waals surface area contributed by atoms with Crippen LogP contribution in [0.5, 0.6) is 5.75 Å². The molecule has 1 aromatic carbocycles. The predicted molar refractivity (Wildman–Crippen MR) is 88.4 cm³/mol. The van der Waals surface area contributed by atoms with Crippen molar-refractivity contribution < 1.29 is 9.53 Å². The van der Waals surface area contributed by atoms with Crippen LogP contribution in [0.1, 0.15) is 74.9 Å². The average molecular weight is 291 g/mol. The summed E-state index contributed by atoms with van der Waals surface area (Å²) >= 11 is 0. The van der Waals surface area contributed by atoms with Gasteiger partial charge in [0.15, 0.2) is 0 Å². The second-order valence-electron chi connectivity index (χ2n) is 5.94. The van der Waals surface area contributed by atoms with Crippen molar-refractivity contribution in [2.75, 3.05) is 20.2 Å². The average Bonchev–Trinajstić information content (AvgIpc) is 2.46. The number of ether oxygens (including phenoxy) is 1. The van der Waals surface area contributed by atoms with Crippen molar-refractivity contribution in [3.05, 3.63) is 28.8 Å². The van der Waals surface area contributed by atoms with Crippen LogP contribution in [-0.4, -0.2) is 31.0 Å². The Morgan fingerprint density at radius 3 is 1.90 bits per heavy atom. The molecule has 0 aromatic heterocycles. The van der Waals surface area contributed by atoms with E-state index in [4.69, 9.17) is 4.74 Å². The minimum absolute atomic E-state index is 0.0723. The van der Waals surface area contributed by atoms with E-state index in [0.29, 0.717) is 19.0 Å². The summed E-state index contributed by atoms with van der Waals surface area (Å²) in [6.07, 6.45) is 0. The minimum atomic E-state index is 0.0723. The highest BCUT2D eigenvalue weighted by Crippen LogP contribution is 2.36. The van der Waals surface area contributed by atoms with Crippen molar-refractivity contribution >= 4 is 5.91 Å². The van der Waals surface area contributed by atoms with Gasteiger partial charge in [0.1, 0.15) is 5.75 Å². The number of hydrogen-bond donors (Lipinski definition) is 0. The first kappa shape index (κ1) is 17.5. The van der Waals surface area contributed by atoms with Gasteiger partial charge in [-0.25, -0.2) is 0 Å². The summed E-state index contributed by atoms with van der Waals surface area (Å²) in [5.74, 6) is 1.43. The van der Waals surface area contributed by atoms with E-state index in [1.54, 1.807) is 7.11 Å². The number of hydrogen-bond acceptors (Lipinski definition) is 2. The fraction of sp³-hybridized carbons (Fsp3) is 0.611. The van der Waals surface area contributed by atoms with Crippen molar-refractivity contribution in [3.8, 4) is 5.75 Å². The first-order valence-electron chi connectivity index (χ1n) is 7.88. The topological polar surface area (TPSA) is 29.5 Å². The lowest BCUT2D eigenvalue weighted by atomic mass is 9.90. The van der Waals surface area contributed by atoms with Crippen LogP contribution < -0.4 is 4.74 Å². The van der Waals surface area contributed by atoms with Crippen molar-refractivity contribution in [2.24, 2.45) is 0 Å². The molecule has 0 unspecified atom stereocenters. The van der Waals surface area contributed by atoms with Gasteiger partial charge in [-0.15, -0.1) is 0 Å². The summed E-state index contributed by atoms with van der Waals surface area (Å²) in [4.78, 5) is 14.8. The second-order valence-corrected chi connectivity index (χ2v) is 5.94. The van der Waals surface area contributed by atoms with E-state index < -0.39 is 0 Å². The van der Waals surface area contributed by atoms with Crippen LogP contribution in [0.4, 0.5) is 0 Å². The van der Waals surface area contributed by atoms with Crippen LogP contribution in [0.15, 0.2) is 12.1 Å². The molecular weight excluding hydrogens is 262 g/mol. The fourth-order valence-corrected chi connectivity index (χ4v) is 2.66. The Morgan fingerprint density at radius 1 is 1.05 bits per heavy atom. The van der Waals surface area contributed by atoms with Crippen LogP contribution in [0.3, 0.4) is 0 Å². The molecule has 0 aliphatic heterocycles. The van der Waals surface area contributed by atoms with Gasteiger partial charge < -0.3 is 9.64 Å². The highest BCUT2D eigenvalue weighted by molar-refractivity contribution is 5.99. The molecule has 1 rings (SSSR count). The minimum Gasteiger partial charge on any atom is -0.496 e. The third kappa shape index (κ3) is 3.58. The molecule has 0 spiro atoms. The van der Waals surface area contributed by atoms with Gasteiger partial charge >= 0.3 is 0 Å². The molecule has 3 nitrogen and oxygen atoms in total. The summed E-state index contributed by atoms with van der Waals surface area (Å²) < 4.78 is 5.64. The maximum Gasteiger partial charge on any atom is 0.257 e. The first-order valence-corrected chi connectivity index (χ1v) is 7.88. The number of methoxy groups -OCH3 is 1. The van der Waals surface area contributed by atoms with Gasteiger partial charge in [0.25, 0.3) is 5.91 Å². The molecule has 0 N–H and O–H groups in total. The maximum atomic E-state index is 12.9. The molecule has 3 heteroatoms. The van der Waals surface area contributed by atoms with Gasteiger partial charge in [-0.2, -0.15) is 0 Å². The molecule has 0 heterocycles. The summed E-state index contributed by atoms with van der Waals surface area (Å²) in [5.41, 5.74) is 2.90.